The molecule has 0 bridgehead atoms. The Bertz CT molecular complexity index is 631. The minimum atomic E-state index is -0.591. The van der Waals surface area contributed by atoms with Crippen LogP contribution < -0.4 is 11.1 Å². The topological polar surface area (TPSA) is 88.2 Å². The third kappa shape index (κ3) is 3.10. The van der Waals surface area contributed by atoms with E-state index in [4.69, 9.17) is 18.0 Å². The SMILES string of the molecule is NC(=S)C(NC(=O)c1ccncc1O)c1ccccc1. The Morgan fingerprint density at radius 2 is 2.00 bits per heavy atom. The van der Waals surface area contributed by atoms with E-state index in [0.29, 0.717) is 0 Å². The number of nitrogens with one attached hydrogen (secondary N) is 1. The fraction of sp³-hybridized carbons (Fsp3) is 0.0714. The van der Waals surface area contributed by atoms with E-state index in [9.17, 15) is 9.90 Å². The summed E-state index contributed by atoms with van der Waals surface area (Å²) in [4.78, 5) is 16.0. The normalized spacial score (nSPS) is 11.6. The number of thiocarbonyl (C=S) groups is 1. The summed E-state index contributed by atoms with van der Waals surface area (Å²) in [6.45, 7) is 0. The second-order valence-electron chi connectivity index (χ2n) is 4.11. The van der Waals surface area contributed by atoms with Gasteiger partial charge in [-0.25, -0.2) is 0 Å². The molecule has 0 saturated carbocycles. The minimum absolute atomic E-state index is 0.122. The van der Waals surface area contributed by atoms with E-state index in [1.54, 1.807) is 0 Å². The van der Waals surface area contributed by atoms with Crippen LogP contribution in [0.3, 0.4) is 0 Å². The molecular weight excluding hydrogens is 274 g/mol. The van der Waals surface area contributed by atoms with Crippen LogP contribution in [0.15, 0.2) is 48.8 Å². The number of nitrogens with zero attached hydrogens (tertiary/aromatic N) is 1. The molecule has 2 aromatic rings. The van der Waals surface area contributed by atoms with E-state index < -0.39 is 11.9 Å². The molecule has 0 saturated heterocycles. The van der Waals surface area contributed by atoms with Crippen molar-refractivity contribution < 1.29 is 9.90 Å². The van der Waals surface area contributed by atoms with Crippen molar-refractivity contribution in [3.8, 4) is 5.75 Å². The van der Waals surface area contributed by atoms with Crippen LogP contribution in [0.1, 0.15) is 22.0 Å². The Morgan fingerprint density at radius 3 is 2.60 bits per heavy atom. The fourth-order valence-corrected chi connectivity index (χ4v) is 1.95. The molecule has 0 radical (unpaired) electrons. The highest BCUT2D eigenvalue weighted by Gasteiger charge is 2.19. The van der Waals surface area contributed by atoms with Crippen LogP contribution in [-0.4, -0.2) is 21.0 Å². The van der Waals surface area contributed by atoms with Crippen molar-refractivity contribution in [1.29, 1.82) is 0 Å². The van der Waals surface area contributed by atoms with Crippen molar-refractivity contribution in [1.82, 2.24) is 10.3 Å². The zero-order valence-corrected chi connectivity index (χ0v) is 11.3. The van der Waals surface area contributed by atoms with Crippen molar-refractivity contribution in [2.75, 3.05) is 0 Å². The predicted octanol–water partition coefficient (Wildman–Crippen LogP) is 1.54. The Hall–Kier alpha value is -2.47. The highest BCUT2D eigenvalue weighted by Crippen LogP contribution is 2.17. The molecule has 5 nitrogen and oxygen atoms in total. The van der Waals surface area contributed by atoms with Gasteiger partial charge >= 0.3 is 0 Å². The Kier molecular flexibility index (Phi) is 4.27. The number of aromatic nitrogens is 1. The van der Waals surface area contributed by atoms with Gasteiger partial charge < -0.3 is 16.2 Å². The van der Waals surface area contributed by atoms with Gasteiger partial charge in [0.25, 0.3) is 5.91 Å². The molecule has 0 fully saturated rings. The Balaban J connectivity index is 2.24. The molecule has 0 aliphatic heterocycles. The van der Waals surface area contributed by atoms with Crippen LogP contribution in [0.2, 0.25) is 0 Å². The maximum absolute atomic E-state index is 12.1. The monoisotopic (exact) mass is 287 g/mol. The molecule has 1 heterocycles. The lowest BCUT2D eigenvalue weighted by molar-refractivity contribution is 0.0944. The van der Waals surface area contributed by atoms with Gasteiger partial charge in [-0.15, -0.1) is 0 Å². The molecule has 4 N–H and O–H groups in total. The Morgan fingerprint density at radius 1 is 1.30 bits per heavy atom. The van der Waals surface area contributed by atoms with Gasteiger partial charge in [-0.3, -0.25) is 9.78 Å². The first-order chi connectivity index (χ1) is 9.59. The number of rotatable bonds is 4. The van der Waals surface area contributed by atoms with Crippen LogP contribution in [-0.2, 0) is 0 Å². The van der Waals surface area contributed by atoms with Gasteiger partial charge in [0.2, 0.25) is 0 Å². The third-order valence-electron chi connectivity index (χ3n) is 2.74. The van der Waals surface area contributed by atoms with Gasteiger partial charge in [0.1, 0.15) is 16.8 Å². The van der Waals surface area contributed by atoms with Crippen molar-refractivity contribution in [3.63, 3.8) is 0 Å². The molecule has 6 heteroatoms. The number of nitrogens with two attached hydrogens (primary N) is 1. The van der Waals surface area contributed by atoms with Crippen LogP contribution >= 0.6 is 12.2 Å². The second kappa shape index (κ2) is 6.12. The maximum Gasteiger partial charge on any atom is 0.255 e. The number of benzene rings is 1. The number of carbonyl (C=O) groups is 1. The van der Waals surface area contributed by atoms with Crippen molar-refractivity contribution in [3.05, 3.63) is 59.9 Å². The summed E-state index contributed by atoms with van der Waals surface area (Å²) in [7, 11) is 0. The predicted molar refractivity (Wildman–Crippen MR) is 79.3 cm³/mol. The van der Waals surface area contributed by atoms with Crippen LogP contribution in [0.5, 0.6) is 5.75 Å². The second-order valence-corrected chi connectivity index (χ2v) is 4.58. The van der Waals surface area contributed by atoms with Gasteiger partial charge in [-0.1, -0.05) is 42.5 Å². The first kappa shape index (κ1) is 14.0. The zero-order valence-electron chi connectivity index (χ0n) is 10.5. The van der Waals surface area contributed by atoms with Crippen molar-refractivity contribution in [2.45, 2.75) is 6.04 Å². The number of carbonyl (C=O) groups excluding carboxylic acids is 1. The molecule has 0 spiro atoms. The van der Waals surface area contributed by atoms with Gasteiger partial charge in [-0.05, 0) is 11.6 Å². The van der Waals surface area contributed by atoms with Gasteiger partial charge in [0.15, 0.2) is 0 Å². The van der Waals surface area contributed by atoms with E-state index in [0.717, 1.165) is 5.56 Å². The molecule has 1 unspecified atom stereocenters. The molecule has 1 aromatic heterocycles. The number of hydrogen-bond acceptors (Lipinski definition) is 4. The standard InChI is InChI=1S/C14H13N3O2S/c15-13(20)12(9-4-2-1-3-5-9)17-14(19)10-6-7-16-8-11(10)18/h1-8,12,18H,(H2,15,20)(H,17,19). The smallest absolute Gasteiger partial charge is 0.255 e. The quantitative estimate of drug-likeness (QED) is 0.742. The lowest BCUT2D eigenvalue weighted by Gasteiger charge is -2.18. The first-order valence-electron chi connectivity index (χ1n) is 5.87. The lowest BCUT2D eigenvalue weighted by atomic mass is 10.1. The highest BCUT2D eigenvalue weighted by atomic mass is 32.1. The molecule has 1 aromatic carbocycles. The van der Waals surface area contributed by atoms with Crippen LogP contribution in [0.25, 0.3) is 0 Å². The summed E-state index contributed by atoms with van der Waals surface area (Å²) >= 11 is 4.99. The largest absolute Gasteiger partial charge is 0.505 e. The van der Waals surface area contributed by atoms with Crippen molar-refractivity contribution >= 4 is 23.1 Å². The fourth-order valence-electron chi connectivity index (χ4n) is 1.75. The molecule has 1 atom stereocenters. The average molecular weight is 287 g/mol. The lowest BCUT2D eigenvalue weighted by Crippen LogP contribution is -2.36. The summed E-state index contributed by atoms with van der Waals surface area (Å²) in [6.07, 6.45) is 2.63. The molecule has 102 valence electrons. The van der Waals surface area contributed by atoms with E-state index in [2.05, 4.69) is 10.3 Å². The molecular formula is C14H13N3O2S. The van der Waals surface area contributed by atoms with E-state index >= 15 is 0 Å². The van der Waals surface area contributed by atoms with E-state index in [-0.39, 0.29) is 16.3 Å². The zero-order chi connectivity index (χ0) is 14.5. The summed E-state index contributed by atoms with van der Waals surface area (Å²) in [5.41, 5.74) is 6.58. The number of amides is 1. The maximum atomic E-state index is 12.1. The summed E-state index contributed by atoms with van der Waals surface area (Å²) in [5.74, 6) is -0.661. The summed E-state index contributed by atoms with van der Waals surface area (Å²) in [5, 5.41) is 12.3. The molecule has 0 aliphatic rings. The average Bonchev–Trinajstić information content (AvgIpc) is 2.45. The molecule has 0 aliphatic carbocycles. The highest BCUT2D eigenvalue weighted by molar-refractivity contribution is 7.80. The molecule has 2 rings (SSSR count). The van der Waals surface area contributed by atoms with Crippen LogP contribution in [0, 0.1) is 0 Å². The van der Waals surface area contributed by atoms with Crippen molar-refractivity contribution in [2.24, 2.45) is 5.73 Å². The Labute approximate surface area is 121 Å². The summed E-state index contributed by atoms with van der Waals surface area (Å²) < 4.78 is 0. The number of hydrogen-bond donors (Lipinski definition) is 3. The molecule has 20 heavy (non-hydrogen) atoms. The van der Waals surface area contributed by atoms with Gasteiger partial charge in [-0.2, -0.15) is 0 Å². The van der Waals surface area contributed by atoms with Crippen LogP contribution in [0.4, 0.5) is 0 Å². The number of pyridine rings is 1. The van der Waals surface area contributed by atoms with Gasteiger partial charge in [0, 0.05) is 6.20 Å². The summed E-state index contributed by atoms with van der Waals surface area (Å²) in [6, 6.07) is 9.98. The third-order valence-corrected chi connectivity index (χ3v) is 2.97. The van der Waals surface area contributed by atoms with E-state index in [1.165, 1.54) is 18.5 Å². The number of aromatic hydroxyl groups is 1. The van der Waals surface area contributed by atoms with Gasteiger partial charge in [0.05, 0.1) is 11.8 Å². The minimum Gasteiger partial charge on any atom is -0.505 e. The van der Waals surface area contributed by atoms with E-state index in [1.807, 2.05) is 30.3 Å². The molecule has 1 amide bonds. The first-order valence-corrected chi connectivity index (χ1v) is 6.28.